The van der Waals surface area contributed by atoms with E-state index in [1.807, 2.05) is 71.0 Å². The van der Waals surface area contributed by atoms with Crippen molar-refractivity contribution in [2.24, 2.45) is 0 Å². The second kappa shape index (κ2) is 13.2. The highest BCUT2D eigenvalue weighted by Gasteiger charge is 2.15. The van der Waals surface area contributed by atoms with Gasteiger partial charge in [-0.25, -0.2) is 8.78 Å². The van der Waals surface area contributed by atoms with E-state index in [2.05, 4.69) is 109 Å². The van der Waals surface area contributed by atoms with Crippen LogP contribution in [0.25, 0.3) is 54.9 Å². The molecule has 7 aromatic carbocycles. The Kier molecular flexibility index (Phi) is 7.90. The van der Waals surface area contributed by atoms with Crippen molar-refractivity contribution < 1.29 is 8.78 Å². The van der Waals surface area contributed by atoms with Crippen LogP contribution in [0.4, 0.5) is 20.2 Å². The Labute approximate surface area is 300 Å². The molecule has 9 rings (SSSR count). The van der Waals surface area contributed by atoms with Gasteiger partial charge in [-0.3, -0.25) is 0 Å². The van der Waals surface area contributed by atoms with Crippen molar-refractivity contribution in [3.05, 3.63) is 217 Å². The first-order valence-electron chi connectivity index (χ1n) is 17.3. The average molecular weight is 675 g/mol. The highest BCUT2D eigenvalue weighted by atomic mass is 19.1. The monoisotopic (exact) mass is 674 g/mol. The smallest absolute Gasteiger partial charge is 0.123 e. The summed E-state index contributed by atoms with van der Waals surface area (Å²) in [4.78, 5) is 4.07. The van der Waals surface area contributed by atoms with E-state index < -0.39 is 0 Å². The standard InChI is InChI=1S/C48H32F2N2/c49-43-17-19-47(45(31-43)41-15-13-33-5-1-3-7-39(33)29-41)51-25-21-37(22-26-51)35-9-11-36(12-10-35)38-23-27-52(28-24-38)48-20-18-44(50)32-46(48)42-16-14-34-6-2-4-8-40(34)30-42/h1-32H. The van der Waals surface area contributed by atoms with Gasteiger partial charge >= 0.3 is 0 Å². The summed E-state index contributed by atoms with van der Waals surface area (Å²) in [5.41, 5.74) is 7.59. The van der Waals surface area contributed by atoms with Gasteiger partial charge in [0.2, 0.25) is 0 Å². The van der Waals surface area contributed by atoms with E-state index in [0.717, 1.165) is 76.8 Å². The van der Waals surface area contributed by atoms with E-state index in [1.165, 1.54) is 12.1 Å². The van der Waals surface area contributed by atoms with Crippen molar-refractivity contribution in [1.82, 2.24) is 0 Å². The number of nitrogens with zero attached hydrogens (tertiary/aromatic N) is 2. The van der Waals surface area contributed by atoms with E-state index in [0.29, 0.717) is 0 Å². The summed E-state index contributed by atoms with van der Waals surface area (Å²) in [7, 11) is 0. The molecule has 2 aliphatic heterocycles. The van der Waals surface area contributed by atoms with Crippen LogP contribution in [0.1, 0.15) is 0 Å². The van der Waals surface area contributed by atoms with Gasteiger partial charge in [-0.15, -0.1) is 0 Å². The van der Waals surface area contributed by atoms with Gasteiger partial charge in [0, 0.05) is 35.9 Å². The molecule has 52 heavy (non-hydrogen) atoms. The highest BCUT2D eigenvalue weighted by Crippen LogP contribution is 2.36. The summed E-state index contributed by atoms with van der Waals surface area (Å²) in [6.07, 6.45) is 16.5. The van der Waals surface area contributed by atoms with Gasteiger partial charge in [-0.2, -0.15) is 0 Å². The van der Waals surface area contributed by atoms with E-state index in [4.69, 9.17) is 0 Å². The van der Waals surface area contributed by atoms with Crippen LogP contribution in [-0.4, -0.2) is 0 Å². The molecule has 2 aliphatic rings. The number of hydrogen-bond acceptors (Lipinski definition) is 2. The molecule has 0 aromatic heterocycles. The molecule has 0 saturated heterocycles. The zero-order valence-corrected chi connectivity index (χ0v) is 28.1. The molecule has 0 atom stereocenters. The molecule has 2 heterocycles. The first kappa shape index (κ1) is 31.2. The number of halogens is 2. The van der Waals surface area contributed by atoms with Crippen LogP contribution >= 0.6 is 0 Å². The molecule has 0 N–H and O–H groups in total. The highest BCUT2D eigenvalue weighted by molar-refractivity contribution is 5.92. The molecule has 0 fully saturated rings. The number of hydrogen-bond donors (Lipinski definition) is 0. The first-order valence-corrected chi connectivity index (χ1v) is 17.3. The summed E-state index contributed by atoms with van der Waals surface area (Å²) in [5, 5.41) is 6.74. The van der Waals surface area contributed by atoms with Crippen molar-refractivity contribution in [1.29, 1.82) is 0 Å². The average Bonchev–Trinajstić information content (AvgIpc) is 3.21. The third-order valence-corrected chi connectivity index (χ3v) is 9.80. The van der Waals surface area contributed by atoms with Crippen LogP contribution in [0.2, 0.25) is 0 Å². The topological polar surface area (TPSA) is 6.48 Å². The van der Waals surface area contributed by atoms with Gasteiger partial charge in [0.25, 0.3) is 0 Å². The number of rotatable bonds is 4. The van der Waals surface area contributed by atoms with Gasteiger partial charge in [-0.1, -0.05) is 97.1 Å². The quantitative estimate of drug-likeness (QED) is 0.183. The summed E-state index contributed by atoms with van der Waals surface area (Å²) in [6.45, 7) is 0. The Morgan fingerprint density at radius 1 is 0.346 bits per heavy atom. The van der Waals surface area contributed by atoms with Gasteiger partial charge < -0.3 is 9.80 Å². The predicted molar refractivity (Wildman–Crippen MR) is 213 cm³/mol. The summed E-state index contributed by atoms with van der Waals surface area (Å²) >= 11 is 0. The fraction of sp³-hybridized carbons (Fsp3) is 0. The van der Waals surface area contributed by atoms with Crippen LogP contribution in [0.3, 0.4) is 0 Å². The second-order valence-corrected chi connectivity index (χ2v) is 13.0. The Hall–Kier alpha value is -6.78. The molecule has 0 saturated carbocycles. The molecule has 0 radical (unpaired) electrons. The molecule has 0 unspecified atom stereocenters. The van der Waals surface area contributed by atoms with E-state index in [1.54, 1.807) is 12.1 Å². The Morgan fingerprint density at radius 3 is 1.13 bits per heavy atom. The number of benzene rings is 7. The minimum atomic E-state index is -0.265. The molecular weight excluding hydrogens is 643 g/mol. The lowest BCUT2D eigenvalue weighted by molar-refractivity contribution is 0.628. The maximum Gasteiger partial charge on any atom is 0.123 e. The Balaban J connectivity index is 0.967. The van der Waals surface area contributed by atoms with Crippen molar-refractivity contribution in [2.45, 2.75) is 0 Å². The lowest BCUT2D eigenvalue weighted by Crippen LogP contribution is -2.16. The largest absolute Gasteiger partial charge is 0.323 e. The zero-order valence-electron chi connectivity index (χ0n) is 28.1. The number of anilines is 2. The van der Waals surface area contributed by atoms with Crippen molar-refractivity contribution >= 4 is 44.1 Å². The maximum atomic E-state index is 14.5. The molecule has 2 nitrogen and oxygen atoms in total. The van der Waals surface area contributed by atoms with E-state index >= 15 is 0 Å². The van der Waals surface area contributed by atoms with Crippen LogP contribution in [0.5, 0.6) is 0 Å². The van der Waals surface area contributed by atoms with Crippen LogP contribution in [0.15, 0.2) is 195 Å². The lowest BCUT2D eigenvalue weighted by Gasteiger charge is -2.23. The van der Waals surface area contributed by atoms with Crippen molar-refractivity contribution in [3.63, 3.8) is 0 Å². The van der Waals surface area contributed by atoms with Gasteiger partial charge in [-0.05, 0) is 127 Å². The maximum absolute atomic E-state index is 14.5. The van der Waals surface area contributed by atoms with Crippen LogP contribution in [-0.2, 0) is 0 Å². The molecular formula is C48H32F2N2. The van der Waals surface area contributed by atoms with Gasteiger partial charge in [0.05, 0.1) is 11.4 Å². The molecule has 248 valence electrons. The predicted octanol–water partition coefficient (Wildman–Crippen LogP) is 11.0. The molecule has 0 aliphatic carbocycles. The van der Waals surface area contributed by atoms with Gasteiger partial charge in [0.15, 0.2) is 0 Å². The fourth-order valence-electron chi connectivity index (χ4n) is 7.06. The summed E-state index contributed by atoms with van der Waals surface area (Å²) < 4.78 is 29.0. The minimum Gasteiger partial charge on any atom is -0.323 e. The number of allylic oxidation sites excluding steroid dienone is 4. The molecule has 0 bridgehead atoms. The SMILES string of the molecule is Fc1ccc(N2C=CC(=c3ccc(=C4C=CN(c5ccc(F)cc5-c5ccc6ccccc6c5)C=C4)cc3)C=C2)c(-c2ccc3ccccc3c2)c1. The Morgan fingerprint density at radius 2 is 0.731 bits per heavy atom. The molecule has 7 aromatic rings. The van der Waals surface area contributed by atoms with Crippen molar-refractivity contribution in [2.75, 3.05) is 9.80 Å². The fourth-order valence-corrected chi connectivity index (χ4v) is 7.06. The van der Waals surface area contributed by atoms with E-state index in [9.17, 15) is 8.78 Å². The van der Waals surface area contributed by atoms with Crippen LogP contribution in [0, 0.1) is 11.6 Å². The molecule has 0 spiro atoms. The molecule has 4 heteroatoms. The van der Waals surface area contributed by atoms with Crippen LogP contribution < -0.4 is 20.2 Å². The first-order chi connectivity index (χ1) is 25.6. The second-order valence-electron chi connectivity index (χ2n) is 13.0. The Bertz CT molecular complexity index is 2540. The molecule has 0 amide bonds. The van der Waals surface area contributed by atoms with E-state index in [-0.39, 0.29) is 11.6 Å². The summed E-state index contributed by atoms with van der Waals surface area (Å²) in [5.74, 6) is -0.530. The van der Waals surface area contributed by atoms with Crippen molar-refractivity contribution in [3.8, 4) is 22.3 Å². The third-order valence-electron chi connectivity index (χ3n) is 9.80. The minimum absolute atomic E-state index is 0.265. The normalized spacial score (nSPS) is 13.9. The van der Waals surface area contributed by atoms with Gasteiger partial charge in [0.1, 0.15) is 11.6 Å². The number of fused-ring (bicyclic) bond motifs is 2. The zero-order chi connectivity index (χ0) is 35.0. The third kappa shape index (κ3) is 6.01. The lowest BCUT2D eigenvalue weighted by atomic mass is 9.99. The summed E-state index contributed by atoms with van der Waals surface area (Å²) in [6, 6.07) is 47.3.